The molecule has 4 rings (SSSR count). The van der Waals surface area contributed by atoms with Crippen LogP contribution >= 0.6 is 0 Å². The van der Waals surface area contributed by atoms with Crippen LogP contribution in [-0.4, -0.2) is 15.7 Å². The number of phenols is 1. The number of anilines is 2. The van der Waals surface area contributed by atoms with Crippen LogP contribution in [0.4, 0.5) is 16.2 Å². The highest BCUT2D eigenvalue weighted by molar-refractivity contribution is 6.06. The van der Waals surface area contributed by atoms with E-state index in [1.165, 1.54) is 0 Å². The number of aryl methyl sites for hydroxylation is 2. The third-order valence-corrected chi connectivity index (χ3v) is 4.73. The SMILES string of the molecule is Cc1ccc(C)c(NC(=O)Nc2cn(-c3ccc(O)cc3)c3ccccc23)c1. The summed E-state index contributed by atoms with van der Waals surface area (Å²) in [6, 6.07) is 20.5. The van der Waals surface area contributed by atoms with E-state index in [0.29, 0.717) is 5.69 Å². The maximum Gasteiger partial charge on any atom is 0.323 e. The summed E-state index contributed by atoms with van der Waals surface area (Å²) in [6.45, 7) is 3.96. The number of nitrogens with zero attached hydrogens (tertiary/aromatic N) is 1. The number of fused-ring (bicyclic) bond motifs is 1. The van der Waals surface area contributed by atoms with Crippen molar-refractivity contribution in [3.63, 3.8) is 0 Å². The van der Waals surface area contributed by atoms with Crippen LogP contribution in [0.1, 0.15) is 11.1 Å². The summed E-state index contributed by atoms with van der Waals surface area (Å²) in [7, 11) is 0. The molecule has 0 radical (unpaired) electrons. The molecule has 4 aromatic rings. The van der Waals surface area contributed by atoms with Gasteiger partial charge in [-0.25, -0.2) is 4.79 Å². The fourth-order valence-corrected chi connectivity index (χ4v) is 3.25. The molecule has 0 bridgehead atoms. The Kier molecular flexibility index (Phi) is 4.49. The number of hydrogen-bond acceptors (Lipinski definition) is 2. The minimum Gasteiger partial charge on any atom is -0.508 e. The summed E-state index contributed by atoms with van der Waals surface area (Å²) in [6.07, 6.45) is 1.89. The molecule has 0 aliphatic rings. The van der Waals surface area contributed by atoms with Gasteiger partial charge in [-0.05, 0) is 61.4 Å². The van der Waals surface area contributed by atoms with Gasteiger partial charge in [0.1, 0.15) is 5.75 Å². The van der Waals surface area contributed by atoms with Crippen LogP contribution in [0.5, 0.6) is 5.75 Å². The lowest BCUT2D eigenvalue weighted by Crippen LogP contribution is -2.19. The number of benzene rings is 3. The average Bonchev–Trinajstić information content (AvgIpc) is 3.04. The molecule has 0 unspecified atom stereocenters. The van der Waals surface area contributed by atoms with Crippen molar-refractivity contribution in [3.05, 3.63) is 84.1 Å². The number of aromatic nitrogens is 1. The van der Waals surface area contributed by atoms with E-state index in [2.05, 4.69) is 10.6 Å². The Bertz CT molecular complexity index is 1160. The summed E-state index contributed by atoms with van der Waals surface area (Å²) < 4.78 is 1.99. The van der Waals surface area contributed by atoms with Gasteiger partial charge in [0.2, 0.25) is 0 Å². The van der Waals surface area contributed by atoms with Crippen LogP contribution in [0.15, 0.2) is 72.9 Å². The van der Waals surface area contributed by atoms with Crippen LogP contribution in [0.2, 0.25) is 0 Å². The van der Waals surface area contributed by atoms with Gasteiger partial charge in [0.25, 0.3) is 0 Å². The number of para-hydroxylation sites is 1. The van der Waals surface area contributed by atoms with Crippen LogP contribution in [0.3, 0.4) is 0 Å². The maximum atomic E-state index is 12.6. The molecule has 1 heterocycles. The molecule has 0 saturated carbocycles. The highest BCUT2D eigenvalue weighted by Gasteiger charge is 2.13. The number of nitrogens with one attached hydrogen (secondary N) is 2. The minimum absolute atomic E-state index is 0.214. The zero-order valence-electron chi connectivity index (χ0n) is 15.7. The topological polar surface area (TPSA) is 66.3 Å². The van der Waals surface area contributed by atoms with E-state index in [1.54, 1.807) is 12.1 Å². The zero-order valence-corrected chi connectivity index (χ0v) is 15.7. The number of urea groups is 1. The monoisotopic (exact) mass is 371 g/mol. The molecule has 140 valence electrons. The Morgan fingerprint density at radius 2 is 1.61 bits per heavy atom. The number of aromatic hydroxyl groups is 1. The molecule has 0 aliphatic heterocycles. The van der Waals surface area contributed by atoms with Gasteiger partial charge >= 0.3 is 6.03 Å². The second-order valence-electron chi connectivity index (χ2n) is 6.84. The Labute approximate surface area is 163 Å². The van der Waals surface area contributed by atoms with Crippen molar-refractivity contribution in [1.29, 1.82) is 0 Å². The van der Waals surface area contributed by atoms with Crippen molar-refractivity contribution in [1.82, 2.24) is 4.57 Å². The minimum atomic E-state index is -0.290. The molecular weight excluding hydrogens is 350 g/mol. The number of phenolic OH excluding ortho intramolecular Hbond substituents is 1. The zero-order chi connectivity index (χ0) is 19.7. The summed E-state index contributed by atoms with van der Waals surface area (Å²) in [4.78, 5) is 12.6. The van der Waals surface area contributed by atoms with Gasteiger partial charge in [-0.2, -0.15) is 0 Å². The summed E-state index contributed by atoms with van der Waals surface area (Å²) in [5.41, 5.74) is 5.47. The predicted molar refractivity (Wildman–Crippen MR) is 113 cm³/mol. The van der Waals surface area contributed by atoms with Crippen LogP contribution in [0, 0.1) is 13.8 Å². The van der Waals surface area contributed by atoms with Crippen LogP contribution in [0.25, 0.3) is 16.6 Å². The second kappa shape index (κ2) is 7.12. The van der Waals surface area contributed by atoms with E-state index in [-0.39, 0.29) is 11.8 Å². The van der Waals surface area contributed by atoms with E-state index in [9.17, 15) is 9.90 Å². The van der Waals surface area contributed by atoms with Crippen molar-refractivity contribution >= 4 is 28.3 Å². The highest BCUT2D eigenvalue weighted by atomic mass is 16.3. The number of hydrogen-bond donors (Lipinski definition) is 3. The molecule has 5 heteroatoms. The van der Waals surface area contributed by atoms with Gasteiger partial charge in [0, 0.05) is 23.0 Å². The first kappa shape index (κ1) is 17.7. The predicted octanol–water partition coefficient (Wildman–Crippen LogP) is 5.60. The van der Waals surface area contributed by atoms with Gasteiger partial charge in [0.15, 0.2) is 0 Å². The Hall–Kier alpha value is -3.73. The molecule has 28 heavy (non-hydrogen) atoms. The first-order valence-corrected chi connectivity index (χ1v) is 9.06. The average molecular weight is 371 g/mol. The van der Waals surface area contributed by atoms with Crippen LogP contribution < -0.4 is 10.6 Å². The molecular formula is C23H21N3O2. The third kappa shape index (κ3) is 3.42. The lowest BCUT2D eigenvalue weighted by Gasteiger charge is -2.10. The Morgan fingerprint density at radius 1 is 0.893 bits per heavy atom. The number of amides is 2. The van der Waals surface area contributed by atoms with Gasteiger partial charge in [-0.15, -0.1) is 0 Å². The molecule has 5 nitrogen and oxygen atoms in total. The Morgan fingerprint density at radius 3 is 2.39 bits per heavy atom. The number of carbonyl (C=O) groups is 1. The molecule has 2 amide bonds. The molecule has 0 aliphatic carbocycles. The standard InChI is InChI=1S/C23H21N3O2/c1-15-7-8-16(2)20(13-15)24-23(28)25-21-14-26(17-9-11-18(27)12-10-17)22-6-4-3-5-19(21)22/h3-14,27H,1-2H3,(H2,24,25,28). The van der Waals surface area contributed by atoms with Gasteiger partial charge in [-0.3, -0.25) is 0 Å². The summed E-state index contributed by atoms with van der Waals surface area (Å²) >= 11 is 0. The summed E-state index contributed by atoms with van der Waals surface area (Å²) in [5, 5.41) is 16.4. The number of carbonyl (C=O) groups excluding carboxylic acids is 1. The fourth-order valence-electron chi connectivity index (χ4n) is 3.25. The Balaban J connectivity index is 1.66. The molecule has 3 aromatic carbocycles. The second-order valence-corrected chi connectivity index (χ2v) is 6.84. The van der Waals surface area contributed by atoms with E-state index in [4.69, 9.17) is 0 Å². The first-order chi connectivity index (χ1) is 13.5. The van der Waals surface area contributed by atoms with Gasteiger partial charge in [-0.1, -0.05) is 30.3 Å². The van der Waals surface area contributed by atoms with Gasteiger partial charge in [0.05, 0.1) is 11.2 Å². The fraction of sp³-hybridized carbons (Fsp3) is 0.0870. The summed E-state index contributed by atoms with van der Waals surface area (Å²) in [5.74, 6) is 0.214. The van der Waals surface area contributed by atoms with E-state index in [1.807, 2.05) is 79.2 Å². The molecule has 0 spiro atoms. The first-order valence-electron chi connectivity index (χ1n) is 9.06. The van der Waals surface area contributed by atoms with E-state index < -0.39 is 0 Å². The molecule has 0 atom stereocenters. The molecule has 3 N–H and O–H groups in total. The lowest BCUT2D eigenvalue weighted by molar-refractivity contribution is 0.262. The number of rotatable bonds is 3. The van der Waals surface area contributed by atoms with E-state index in [0.717, 1.165) is 33.4 Å². The normalized spacial score (nSPS) is 10.8. The van der Waals surface area contributed by atoms with Crippen molar-refractivity contribution in [2.45, 2.75) is 13.8 Å². The molecule has 0 fully saturated rings. The van der Waals surface area contributed by atoms with Crippen LogP contribution in [-0.2, 0) is 0 Å². The molecule has 0 saturated heterocycles. The molecule has 1 aromatic heterocycles. The smallest absolute Gasteiger partial charge is 0.323 e. The van der Waals surface area contributed by atoms with Gasteiger partial charge < -0.3 is 20.3 Å². The van der Waals surface area contributed by atoms with Crippen molar-refractivity contribution in [3.8, 4) is 11.4 Å². The highest BCUT2D eigenvalue weighted by Crippen LogP contribution is 2.29. The van der Waals surface area contributed by atoms with E-state index >= 15 is 0 Å². The quantitative estimate of drug-likeness (QED) is 0.439. The lowest BCUT2D eigenvalue weighted by atomic mass is 10.1. The van der Waals surface area contributed by atoms with Crippen molar-refractivity contribution in [2.24, 2.45) is 0 Å². The van der Waals surface area contributed by atoms with Crippen molar-refractivity contribution < 1.29 is 9.90 Å². The van der Waals surface area contributed by atoms with Crippen molar-refractivity contribution in [2.75, 3.05) is 10.6 Å². The maximum absolute atomic E-state index is 12.6. The third-order valence-electron chi connectivity index (χ3n) is 4.73. The largest absolute Gasteiger partial charge is 0.508 e.